The van der Waals surface area contributed by atoms with Crippen LogP contribution in [0.4, 0.5) is 4.79 Å². The van der Waals surface area contributed by atoms with Crippen LogP contribution in [0.5, 0.6) is 0 Å². The molecule has 0 saturated heterocycles. The second-order valence-corrected chi connectivity index (χ2v) is 2.87. The number of ether oxygens (including phenoxy) is 1. The second-order valence-electron chi connectivity index (χ2n) is 2.87. The minimum atomic E-state index is -0.548. The molecular weight excluding hydrogens is 178 g/mol. The molecule has 0 saturated carbocycles. The molecular formula is C11H13NO2. The van der Waals surface area contributed by atoms with Crippen LogP contribution in [0.2, 0.25) is 0 Å². The Morgan fingerprint density at radius 3 is 2.64 bits per heavy atom. The molecule has 0 atom stereocenters. The normalized spacial score (nSPS) is 10.4. The zero-order chi connectivity index (χ0) is 10.4. The van der Waals surface area contributed by atoms with Crippen LogP contribution in [0.1, 0.15) is 18.1 Å². The van der Waals surface area contributed by atoms with Crippen LogP contribution in [0.15, 0.2) is 29.3 Å². The highest BCUT2D eigenvalue weighted by atomic mass is 16.5. The summed E-state index contributed by atoms with van der Waals surface area (Å²) >= 11 is 0. The summed E-state index contributed by atoms with van der Waals surface area (Å²) in [6.07, 6.45) is 0.949. The van der Waals surface area contributed by atoms with Gasteiger partial charge in [0, 0.05) is 6.21 Å². The number of nitrogens with zero attached hydrogens (tertiary/aromatic N) is 1. The highest BCUT2D eigenvalue weighted by Gasteiger charge is 1.94. The molecule has 0 aliphatic rings. The van der Waals surface area contributed by atoms with Gasteiger partial charge in [0.15, 0.2) is 0 Å². The van der Waals surface area contributed by atoms with Crippen molar-refractivity contribution in [2.45, 2.75) is 13.8 Å². The Balaban J connectivity index is 2.60. The van der Waals surface area contributed by atoms with Crippen molar-refractivity contribution in [1.29, 1.82) is 0 Å². The zero-order valence-corrected chi connectivity index (χ0v) is 8.36. The number of aliphatic imine (C=N–C) groups is 1. The van der Waals surface area contributed by atoms with E-state index in [2.05, 4.69) is 9.73 Å². The zero-order valence-electron chi connectivity index (χ0n) is 8.36. The monoisotopic (exact) mass is 191 g/mol. The fourth-order valence-electron chi connectivity index (χ4n) is 0.941. The maximum atomic E-state index is 10.9. The van der Waals surface area contributed by atoms with Crippen molar-refractivity contribution in [3.05, 3.63) is 35.4 Å². The largest absolute Gasteiger partial charge is 0.448 e. The third kappa shape index (κ3) is 3.39. The molecule has 3 heteroatoms. The summed E-state index contributed by atoms with van der Waals surface area (Å²) in [5, 5.41) is 0. The molecule has 3 nitrogen and oxygen atoms in total. The molecule has 14 heavy (non-hydrogen) atoms. The van der Waals surface area contributed by atoms with E-state index in [9.17, 15) is 4.79 Å². The quantitative estimate of drug-likeness (QED) is 0.674. The lowest BCUT2D eigenvalue weighted by atomic mass is 10.2. The van der Waals surface area contributed by atoms with Gasteiger partial charge in [-0.05, 0) is 19.4 Å². The van der Waals surface area contributed by atoms with Gasteiger partial charge in [0.1, 0.15) is 0 Å². The van der Waals surface area contributed by atoms with Gasteiger partial charge in [-0.15, -0.1) is 0 Å². The van der Waals surface area contributed by atoms with E-state index in [1.54, 1.807) is 6.92 Å². The lowest BCUT2D eigenvalue weighted by molar-refractivity contribution is 0.164. The molecule has 1 amide bonds. The minimum Gasteiger partial charge on any atom is -0.448 e. The van der Waals surface area contributed by atoms with E-state index < -0.39 is 6.09 Å². The van der Waals surface area contributed by atoms with Crippen LogP contribution in [-0.4, -0.2) is 18.9 Å². The van der Waals surface area contributed by atoms with Gasteiger partial charge in [-0.1, -0.05) is 29.8 Å². The van der Waals surface area contributed by atoms with Gasteiger partial charge in [0.25, 0.3) is 0 Å². The van der Waals surface area contributed by atoms with E-state index in [0.29, 0.717) is 6.61 Å². The number of rotatable bonds is 2. The molecule has 0 unspecified atom stereocenters. The summed E-state index contributed by atoms with van der Waals surface area (Å²) in [4.78, 5) is 14.5. The van der Waals surface area contributed by atoms with E-state index in [-0.39, 0.29) is 0 Å². The Kier molecular flexibility index (Phi) is 3.85. The SMILES string of the molecule is CCOC(=O)/N=C/c1ccc(C)cc1. The first kappa shape index (κ1) is 10.4. The fraction of sp³-hybridized carbons (Fsp3) is 0.273. The Labute approximate surface area is 83.4 Å². The van der Waals surface area contributed by atoms with E-state index in [1.165, 1.54) is 11.8 Å². The van der Waals surface area contributed by atoms with Crippen molar-refractivity contribution < 1.29 is 9.53 Å². The van der Waals surface area contributed by atoms with Gasteiger partial charge >= 0.3 is 6.09 Å². The lowest BCUT2D eigenvalue weighted by Gasteiger charge is -1.95. The first-order valence-corrected chi connectivity index (χ1v) is 4.50. The predicted molar refractivity (Wildman–Crippen MR) is 55.8 cm³/mol. The third-order valence-corrected chi connectivity index (χ3v) is 1.66. The van der Waals surface area contributed by atoms with Gasteiger partial charge in [-0.2, -0.15) is 4.99 Å². The topological polar surface area (TPSA) is 38.7 Å². The van der Waals surface area contributed by atoms with Crippen molar-refractivity contribution in [3.63, 3.8) is 0 Å². The summed E-state index contributed by atoms with van der Waals surface area (Å²) in [5.41, 5.74) is 2.07. The van der Waals surface area contributed by atoms with Crippen molar-refractivity contribution in [2.75, 3.05) is 6.61 Å². The van der Waals surface area contributed by atoms with Crippen LogP contribution in [0.25, 0.3) is 0 Å². The number of amides is 1. The molecule has 74 valence electrons. The van der Waals surface area contributed by atoms with Crippen molar-refractivity contribution >= 4 is 12.3 Å². The van der Waals surface area contributed by atoms with Crippen LogP contribution >= 0.6 is 0 Å². The number of benzene rings is 1. The number of aryl methyl sites for hydroxylation is 1. The van der Waals surface area contributed by atoms with Gasteiger partial charge in [-0.25, -0.2) is 4.79 Å². The highest BCUT2D eigenvalue weighted by molar-refractivity contribution is 5.88. The highest BCUT2D eigenvalue weighted by Crippen LogP contribution is 2.00. The average molecular weight is 191 g/mol. The van der Waals surface area contributed by atoms with E-state index >= 15 is 0 Å². The number of hydrogen-bond donors (Lipinski definition) is 0. The maximum Gasteiger partial charge on any atom is 0.433 e. The summed E-state index contributed by atoms with van der Waals surface area (Å²) in [6.45, 7) is 4.11. The number of carbonyl (C=O) groups is 1. The van der Waals surface area contributed by atoms with Gasteiger partial charge < -0.3 is 4.74 Å². The molecule has 1 aromatic rings. The van der Waals surface area contributed by atoms with Crippen LogP contribution in [0, 0.1) is 6.92 Å². The Bertz CT molecular complexity index is 328. The minimum absolute atomic E-state index is 0.351. The van der Waals surface area contributed by atoms with Gasteiger partial charge in [0.2, 0.25) is 0 Å². The van der Waals surface area contributed by atoms with E-state index in [0.717, 1.165) is 5.56 Å². The predicted octanol–water partition coefficient (Wildman–Crippen LogP) is 2.57. The summed E-state index contributed by atoms with van der Waals surface area (Å²) in [7, 11) is 0. The Morgan fingerprint density at radius 2 is 2.07 bits per heavy atom. The molecule has 0 N–H and O–H groups in total. The smallest absolute Gasteiger partial charge is 0.433 e. The van der Waals surface area contributed by atoms with E-state index in [1.807, 2.05) is 31.2 Å². The fourth-order valence-corrected chi connectivity index (χ4v) is 0.941. The molecule has 0 aliphatic heterocycles. The number of carbonyl (C=O) groups excluding carboxylic acids is 1. The lowest BCUT2D eigenvalue weighted by Crippen LogP contribution is -1.98. The Morgan fingerprint density at radius 1 is 1.43 bits per heavy atom. The van der Waals surface area contributed by atoms with Crippen molar-refractivity contribution in [3.8, 4) is 0 Å². The third-order valence-electron chi connectivity index (χ3n) is 1.66. The molecule has 1 rings (SSSR count). The van der Waals surface area contributed by atoms with Crippen LogP contribution in [-0.2, 0) is 4.74 Å². The molecule has 0 radical (unpaired) electrons. The molecule has 0 aromatic heterocycles. The molecule has 0 aliphatic carbocycles. The average Bonchev–Trinajstić information content (AvgIpc) is 2.17. The number of hydrogen-bond acceptors (Lipinski definition) is 2. The first-order chi connectivity index (χ1) is 6.72. The molecule has 0 fully saturated rings. The maximum absolute atomic E-state index is 10.9. The van der Waals surface area contributed by atoms with Gasteiger partial charge in [-0.3, -0.25) is 0 Å². The standard InChI is InChI=1S/C11H13NO2/c1-3-14-11(13)12-8-10-6-4-9(2)5-7-10/h4-8H,3H2,1-2H3/b12-8+. The summed E-state index contributed by atoms with van der Waals surface area (Å²) in [5.74, 6) is 0. The Hall–Kier alpha value is -1.64. The van der Waals surface area contributed by atoms with Crippen molar-refractivity contribution in [1.82, 2.24) is 0 Å². The van der Waals surface area contributed by atoms with E-state index in [4.69, 9.17) is 0 Å². The molecule has 0 spiro atoms. The van der Waals surface area contributed by atoms with Gasteiger partial charge in [0.05, 0.1) is 6.61 Å². The van der Waals surface area contributed by atoms with Crippen LogP contribution < -0.4 is 0 Å². The first-order valence-electron chi connectivity index (χ1n) is 4.50. The summed E-state index contributed by atoms with van der Waals surface area (Å²) in [6, 6.07) is 7.73. The molecule has 0 heterocycles. The summed E-state index contributed by atoms with van der Waals surface area (Å²) < 4.78 is 4.65. The van der Waals surface area contributed by atoms with Crippen LogP contribution in [0.3, 0.4) is 0 Å². The second kappa shape index (κ2) is 5.17. The van der Waals surface area contributed by atoms with Crippen molar-refractivity contribution in [2.24, 2.45) is 4.99 Å². The molecule has 0 bridgehead atoms. The molecule has 1 aromatic carbocycles.